The number of aryl methyl sites for hydroxylation is 2. The number of hydrogen-bond acceptors (Lipinski definition) is 2. The third-order valence-corrected chi connectivity index (χ3v) is 5.54. The van der Waals surface area contributed by atoms with E-state index >= 15 is 0 Å². The molecule has 2 aromatic carbocycles. The van der Waals surface area contributed by atoms with Gasteiger partial charge in [0.2, 0.25) is 0 Å². The van der Waals surface area contributed by atoms with Gasteiger partial charge in [0, 0.05) is 16.2 Å². The first-order chi connectivity index (χ1) is 12.5. The van der Waals surface area contributed by atoms with E-state index in [1.54, 1.807) is 0 Å². The smallest absolute Gasteiger partial charge is 0.162 e. The fourth-order valence-electron chi connectivity index (χ4n) is 3.71. The van der Waals surface area contributed by atoms with Crippen molar-refractivity contribution in [3.8, 4) is 0 Å². The lowest BCUT2D eigenvalue weighted by Gasteiger charge is -2.23. The molecule has 140 valence electrons. The van der Waals surface area contributed by atoms with Gasteiger partial charge in [-0.25, -0.2) is 9.50 Å². The van der Waals surface area contributed by atoms with Crippen molar-refractivity contribution in [2.24, 2.45) is 0 Å². The van der Waals surface area contributed by atoms with Crippen molar-refractivity contribution >= 4 is 27.5 Å². The predicted molar refractivity (Wildman–Crippen MR) is 115 cm³/mol. The lowest BCUT2D eigenvalue weighted by molar-refractivity contribution is 0.561. The Hall–Kier alpha value is -2.42. The molecule has 2 heterocycles. The fourth-order valence-corrected chi connectivity index (χ4v) is 3.71. The molecule has 3 nitrogen and oxygen atoms in total. The molecule has 0 unspecified atom stereocenters. The van der Waals surface area contributed by atoms with Crippen molar-refractivity contribution in [1.82, 2.24) is 14.6 Å². The first-order valence-electron chi connectivity index (χ1n) is 9.71. The molecule has 4 rings (SSSR count). The second-order valence-electron chi connectivity index (χ2n) is 9.88. The van der Waals surface area contributed by atoms with Gasteiger partial charge in [0.15, 0.2) is 5.65 Å². The number of imidazole rings is 1. The summed E-state index contributed by atoms with van der Waals surface area (Å²) >= 11 is 0. The van der Waals surface area contributed by atoms with Crippen molar-refractivity contribution in [3.63, 3.8) is 0 Å². The molecular weight excluding hydrogens is 330 g/mol. The zero-order valence-corrected chi connectivity index (χ0v) is 17.7. The summed E-state index contributed by atoms with van der Waals surface area (Å²) in [5.74, 6) is 0. The Morgan fingerprint density at radius 3 is 2.07 bits per heavy atom. The van der Waals surface area contributed by atoms with Crippen LogP contribution < -0.4 is 0 Å². The molecule has 0 aliphatic carbocycles. The summed E-state index contributed by atoms with van der Waals surface area (Å²) in [6.07, 6.45) is 0. The van der Waals surface area contributed by atoms with E-state index in [1.165, 1.54) is 27.5 Å². The predicted octanol–water partition coefficient (Wildman–Crippen LogP) is 6.25. The maximum Gasteiger partial charge on any atom is 0.162 e. The summed E-state index contributed by atoms with van der Waals surface area (Å²) in [6.45, 7) is 17.8. The highest BCUT2D eigenvalue weighted by Crippen LogP contribution is 2.35. The minimum Gasteiger partial charge on any atom is -0.226 e. The van der Waals surface area contributed by atoms with Gasteiger partial charge in [-0.15, -0.1) is 0 Å². The Morgan fingerprint density at radius 2 is 1.44 bits per heavy atom. The molecule has 2 aromatic heterocycles. The number of aromatic nitrogens is 3. The zero-order valence-electron chi connectivity index (χ0n) is 17.7. The van der Waals surface area contributed by atoms with Crippen molar-refractivity contribution in [2.75, 3.05) is 0 Å². The van der Waals surface area contributed by atoms with Crippen LogP contribution in [-0.4, -0.2) is 14.6 Å². The van der Waals surface area contributed by atoms with Crippen LogP contribution in [0.5, 0.6) is 0 Å². The molecule has 0 radical (unpaired) electrons. The molecule has 0 aliphatic rings. The van der Waals surface area contributed by atoms with E-state index in [9.17, 15) is 0 Å². The molecular formula is C24H29N3. The Kier molecular flexibility index (Phi) is 3.69. The fraction of sp³-hybridized carbons (Fsp3) is 0.417. The maximum absolute atomic E-state index is 5.11. The topological polar surface area (TPSA) is 30.2 Å². The highest BCUT2D eigenvalue weighted by Gasteiger charge is 2.24. The van der Waals surface area contributed by atoms with Crippen LogP contribution in [0.1, 0.15) is 63.9 Å². The third-order valence-electron chi connectivity index (χ3n) is 5.54. The lowest BCUT2D eigenvalue weighted by atomic mass is 9.83. The van der Waals surface area contributed by atoms with E-state index in [2.05, 4.69) is 85.7 Å². The van der Waals surface area contributed by atoms with Crippen molar-refractivity contribution < 1.29 is 0 Å². The SMILES string of the molecule is Cc1cc2nc3c4ccc(C(C)(C)C)cc4c(C(C)(C)C)nn3c2cc1C. The second-order valence-corrected chi connectivity index (χ2v) is 9.88. The quantitative estimate of drug-likeness (QED) is 0.371. The number of fused-ring (bicyclic) bond motifs is 5. The Bertz CT molecular complexity index is 1200. The van der Waals surface area contributed by atoms with Crippen LogP contribution >= 0.6 is 0 Å². The van der Waals surface area contributed by atoms with Crippen LogP contribution in [0.4, 0.5) is 0 Å². The van der Waals surface area contributed by atoms with Crippen LogP contribution in [0, 0.1) is 13.8 Å². The molecule has 3 heteroatoms. The van der Waals surface area contributed by atoms with E-state index in [0.29, 0.717) is 0 Å². The van der Waals surface area contributed by atoms with E-state index in [-0.39, 0.29) is 10.8 Å². The van der Waals surface area contributed by atoms with Gasteiger partial charge in [-0.2, -0.15) is 5.10 Å². The monoisotopic (exact) mass is 359 g/mol. The van der Waals surface area contributed by atoms with E-state index < -0.39 is 0 Å². The van der Waals surface area contributed by atoms with E-state index in [4.69, 9.17) is 10.1 Å². The van der Waals surface area contributed by atoms with Gasteiger partial charge in [0.05, 0.1) is 16.7 Å². The minimum absolute atomic E-state index is 0.0563. The van der Waals surface area contributed by atoms with Crippen LogP contribution in [0.25, 0.3) is 27.5 Å². The summed E-state index contributed by atoms with van der Waals surface area (Å²) in [4.78, 5) is 4.96. The maximum atomic E-state index is 5.11. The van der Waals surface area contributed by atoms with Crippen molar-refractivity contribution in [2.45, 2.75) is 66.2 Å². The van der Waals surface area contributed by atoms with Crippen LogP contribution in [0.15, 0.2) is 30.3 Å². The van der Waals surface area contributed by atoms with Crippen LogP contribution in [0.3, 0.4) is 0 Å². The Balaban J connectivity index is 2.21. The molecule has 0 saturated heterocycles. The van der Waals surface area contributed by atoms with Gasteiger partial charge in [0.25, 0.3) is 0 Å². The van der Waals surface area contributed by atoms with E-state index in [0.717, 1.165) is 22.4 Å². The molecule has 0 N–H and O–H groups in total. The highest BCUT2D eigenvalue weighted by molar-refractivity contribution is 5.99. The van der Waals surface area contributed by atoms with E-state index in [1.807, 2.05) is 4.52 Å². The normalized spacial score (nSPS) is 13.2. The molecule has 27 heavy (non-hydrogen) atoms. The molecule has 0 amide bonds. The molecule has 0 saturated carbocycles. The number of hydrogen-bond donors (Lipinski definition) is 0. The Morgan fingerprint density at radius 1 is 0.778 bits per heavy atom. The summed E-state index contributed by atoms with van der Waals surface area (Å²) < 4.78 is 2.04. The van der Waals surface area contributed by atoms with Gasteiger partial charge in [-0.3, -0.25) is 0 Å². The number of nitrogens with zero attached hydrogens (tertiary/aromatic N) is 3. The van der Waals surface area contributed by atoms with Gasteiger partial charge in [-0.1, -0.05) is 53.7 Å². The lowest BCUT2D eigenvalue weighted by Crippen LogP contribution is -2.17. The van der Waals surface area contributed by atoms with Crippen molar-refractivity contribution in [3.05, 3.63) is 52.7 Å². The number of benzene rings is 2. The minimum atomic E-state index is -0.0563. The summed E-state index contributed by atoms with van der Waals surface area (Å²) in [5.41, 5.74) is 8.07. The first kappa shape index (κ1) is 18.0. The largest absolute Gasteiger partial charge is 0.226 e. The molecule has 0 aliphatic heterocycles. The molecule has 0 spiro atoms. The zero-order chi connectivity index (χ0) is 19.7. The van der Waals surface area contributed by atoms with Crippen LogP contribution in [0.2, 0.25) is 0 Å². The highest BCUT2D eigenvalue weighted by atomic mass is 15.3. The molecule has 0 atom stereocenters. The molecule has 0 fully saturated rings. The van der Waals surface area contributed by atoms with Gasteiger partial charge < -0.3 is 0 Å². The van der Waals surface area contributed by atoms with Gasteiger partial charge >= 0.3 is 0 Å². The Labute approximate surface area is 161 Å². The van der Waals surface area contributed by atoms with Gasteiger partial charge in [0.1, 0.15) is 0 Å². The molecule has 4 aromatic rings. The van der Waals surface area contributed by atoms with Gasteiger partial charge in [-0.05, 0) is 54.2 Å². The second kappa shape index (κ2) is 5.54. The summed E-state index contributed by atoms with van der Waals surface area (Å²) in [6, 6.07) is 11.2. The first-order valence-corrected chi connectivity index (χ1v) is 9.71. The summed E-state index contributed by atoms with van der Waals surface area (Å²) in [5, 5.41) is 7.50. The van der Waals surface area contributed by atoms with Crippen molar-refractivity contribution in [1.29, 1.82) is 0 Å². The number of rotatable bonds is 0. The molecule has 0 bridgehead atoms. The third kappa shape index (κ3) is 2.80. The average molecular weight is 360 g/mol. The average Bonchev–Trinajstić information content (AvgIpc) is 2.90. The standard InChI is InChI=1S/C24H29N3/c1-14-11-19-20(12-15(14)2)27-22(25-19)17-10-9-16(23(3,4)5)13-18(17)21(26-27)24(6,7)8/h9-13H,1-8H3. The summed E-state index contributed by atoms with van der Waals surface area (Å²) in [7, 11) is 0. The van der Waals surface area contributed by atoms with Crippen LogP contribution in [-0.2, 0) is 10.8 Å².